The molecule has 0 atom stereocenters. The second-order valence-electron chi connectivity index (χ2n) is 9.80. The third kappa shape index (κ3) is 7.12. The fourth-order valence-electron chi connectivity index (χ4n) is 4.37. The molecule has 0 radical (unpaired) electrons. The normalized spacial score (nSPS) is 18.5. The highest BCUT2D eigenvalue weighted by Crippen LogP contribution is 2.24. The van der Waals surface area contributed by atoms with Gasteiger partial charge in [0.2, 0.25) is 0 Å². The highest BCUT2D eigenvalue weighted by atomic mass is 16.6. The van der Waals surface area contributed by atoms with Crippen LogP contribution in [0.2, 0.25) is 0 Å². The minimum absolute atomic E-state index is 0.181. The van der Waals surface area contributed by atoms with E-state index in [0.717, 1.165) is 64.3 Å². The smallest absolute Gasteiger partial charge is 0.410 e. The summed E-state index contributed by atoms with van der Waals surface area (Å²) >= 11 is 0. The molecule has 0 spiro atoms. The summed E-state index contributed by atoms with van der Waals surface area (Å²) in [5, 5.41) is 0. The van der Waals surface area contributed by atoms with Gasteiger partial charge in [0.05, 0.1) is 12.2 Å². The van der Waals surface area contributed by atoms with E-state index in [1.165, 1.54) is 6.42 Å². The Bertz CT molecular complexity index is 761. The van der Waals surface area contributed by atoms with Crippen LogP contribution in [0.1, 0.15) is 57.3 Å². The van der Waals surface area contributed by atoms with Crippen LogP contribution in [0.15, 0.2) is 24.3 Å². The number of esters is 1. The third-order valence-electron chi connectivity index (χ3n) is 6.21. The highest BCUT2D eigenvalue weighted by molar-refractivity contribution is 5.90. The van der Waals surface area contributed by atoms with Crippen molar-refractivity contribution in [3.05, 3.63) is 29.8 Å². The maximum Gasteiger partial charge on any atom is 0.410 e. The second-order valence-corrected chi connectivity index (χ2v) is 9.80. The van der Waals surface area contributed by atoms with E-state index in [1.807, 2.05) is 50.8 Å². The number of rotatable bonds is 6. The van der Waals surface area contributed by atoms with E-state index >= 15 is 0 Å². The van der Waals surface area contributed by atoms with Gasteiger partial charge in [0.25, 0.3) is 0 Å². The molecule has 178 valence electrons. The molecule has 2 heterocycles. The molecule has 7 heteroatoms. The Morgan fingerprint density at radius 2 is 1.72 bits per heavy atom. The van der Waals surface area contributed by atoms with Crippen molar-refractivity contribution in [2.45, 2.75) is 52.6 Å². The number of likely N-dealkylation sites (tertiary alicyclic amines) is 1. The molecule has 0 saturated carbocycles. The lowest BCUT2D eigenvalue weighted by atomic mass is 9.93. The molecule has 2 saturated heterocycles. The minimum Gasteiger partial charge on any atom is -0.462 e. The Kier molecular flexibility index (Phi) is 8.40. The summed E-state index contributed by atoms with van der Waals surface area (Å²) in [6.45, 7) is 14.6. The summed E-state index contributed by atoms with van der Waals surface area (Å²) in [6, 6.07) is 7.74. The van der Waals surface area contributed by atoms with Gasteiger partial charge in [-0.3, -0.25) is 4.90 Å². The molecular weight excluding hydrogens is 406 g/mol. The standard InChI is InChI=1S/C25H39N3O4/c1-5-31-23(29)21-7-6-8-22(19-21)27-17-15-26(16-18-27)12-9-20-10-13-28(14-11-20)24(30)32-25(2,3)4/h6-8,19-20H,5,9-18H2,1-4H3. The van der Waals surface area contributed by atoms with Crippen molar-refractivity contribution < 1.29 is 19.1 Å². The van der Waals surface area contributed by atoms with E-state index in [4.69, 9.17) is 9.47 Å². The zero-order chi connectivity index (χ0) is 23.1. The summed E-state index contributed by atoms with van der Waals surface area (Å²) in [4.78, 5) is 31.0. The number of piperazine rings is 1. The van der Waals surface area contributed by atoms with Crippen molar-refractivity contribution in [3.8, 4) is 0 Å². The van der Waals surface area contributed by atoms with Gasteiger partial charge in [0.1, 0.15) is 5.60 Å². The number of carbonyl (C=O) groups excluding carboxylic acids is 2. The fourth-order valence-corrected chi connectivity index (χ4v) is 4.37. The summed E-state index contributed by atoms with van der Waals surface area (Å²) in [6.07, 6.45) is 3.11. The molecule has 3 rings (SSSR count). The zero-order valence-electron chi connectivity index (χ0n) is 20.1. The lowest BCUT2D eigenvalue weighted by molar-refractivity contribution is 0.0177. The number of hydrogen-bond donors (Lipinski definition) is 0. The number of carbonyl (C=O) groups is 2. The van der Waals surface area contributed by atoms with Crippen LogP contribution in [-0.4, -0.2) is 79.9 Å². The van der Waals surface area contributed by atoms with Crippen LogP contribution in [0.4, 0.5) is 10.5 Å². The second kappa shape index (κ2) is 11.0. The summed E-state index contributed by atoms with van der Waals surface area (Å²) < 4.78 is 10.6. The molecule has 0 unspecified atom stereocenters. The predicted molar refractivity (Wildman–Crippen MR) is 126 cm³/mol. The van der Waals surface area contributed by atoms with Gasteiger partial charge in [0, 0.05) is 45.0 Å². The number of ether oxygens (including phenoxy) is 2. The van der Waals surface area contributed by atoms with E-state index in [1.54, 1.807) is 0 Å². The summed E-state index contributed by atoms with van der Waals surface area (Å²) in [7, 11) is 0. The highest BCUT2D eigenvalue weighted by Gasteiger charge is 2.27. The first-order valence-electron chi connectivity index (χ1n) is 12.0. The number of benzene rings is 1. The lowest BCUT2D eigenvalue weighted by Gasteiger charge is -2.38. The molecule has 1 aromatic carbocycles. The van der Waals surface area contributed by atoms with Gasteiger partial charge >= 0.3 is 12.1 Å². The fraction of sp³-hybridized carbons (Fsp3) is 0.680. The van der Waals surface area contributed by atoms with Crippen LogP contribution in [-0.2, 0) is 9.47 Å². The van der Waals surface area contributed by atoms with E-state index in [9.17, 15) is 9.59 Å². The van der Waals surface area contributed by atoms with E-state index in [-0.39, 0.29) is 12.1 Å². The first-order chi connectivity index (χ1) is 15.2. The number of amides is 1. The van der Waals surface area contributed by atoms with Gasteiger partial charge in [0.15, 0.2) is 0 Å². The molecular formula is C25H39N3O4. The molecule has 1 amide bonds. The maximum atomic E-state index is 12.2. The van der Waals surface area contributed by atoms with E-state index in [0.29, 0.717) is 18.1 Å². The summed E-state index contributed by atoms with van der Waals surface area (Å²) in [5.74, 6) is 0.415. The molecule has 0 bridgehead atoms. The minimum atomic E-state index is -0.434. The SMILES string of the molecule is CCOC(=O)c1cccc(N2CCN(CCC3CCN(C(=O)OC(C)(C)C)CC3)CC2)c1. The van der Waals surface area contributed by atoms with Crippen LogP contribution < -0.4 is 4.90 Å². The van der Waals surface area contributed by atoms with Crippen LogP contribution in [0.25, 0.3) is 0 Å². The van der Waals surface area contributed by atoms with Gasteiger partial charge in [-0.15, -0.1) is 0 Å². The Morgan fingerprint density at radius 1 is 1.03 bits per heavy atom. The van der Waals surface area contributed by atoms with Crippen molar-refractivity contribution >= 4 is 17.7 Å². The molecule has 0 aromatic heterocycles. The summed E-state index contributed by atoms with van der Waals surface area (Å²) in [5.41, 5.74) is 1.27. The Balaban J connectivity index is 1.38. The molecule has 32 heavy (non-hydrogen) atoms. The predicted octanol–water partition coefficient (Wildman–Crippen LogP) is 4.02. The number of anilines is 1. The van der Waals surface area contributed by atoms with Gasteiger partial charge in [-0.05, 0) is 77.6 Å². The maximum absolute atomic E-state index is 12.2. The van der Waals surface area contributed by atoms with Gasteiger partial charge < -0.3 is 19.3 Å². The van der Waals surface area contributed by atoms with Crippen molar-refractivity contribution in [3.63, 3.8) is 0 Å². The average molecular weight is 446 g/mol. The molecule has 2 aliphatic rings. The van der Waals surface area contributed by atoms with Crippen LogP contribution in [0, 0.1) is 5.92 Å². The number of hydrogen-bond acceptors (Lipinski definition) is 6. The topological polar surface area (TPSA) is 62.3 Å². The first kappa shape index (κ1) is 24.4. The Hall–Kier alpha value is -2.28. The van der Waals surface area contributed by atoms with Crippen molar-refractivity contribution in [2.75, 3.05) is 57.3 Å². The van der Waals surface area contributed by atoms with Gasteiger partial charge in [-0.25, -0.2) is 9.59 Å². The molecule has 7 nitrogen and oxygen atoms in total. The van der Waals surface area contributed by atoms with E-state index < -0.39 is 5.60 Å². The van der Waals surface area contributed by atoms with Gasteiger partial charge in [-0.2, -0.15) is 0 Å². The van der Waals surface area contributed by atoms with Gasteiger partial charge in [-0.1, -0.05) is 6.07 Å². The molecule has 2 fully saturated rings. The molecule has 0 N–H and O–H groups in total. The average Bonchev–Trinajstić information content (AvgIpc) is 2.77. The molecule has 1 aromatic rings. The Morgan fingerprint density at radius 3 is 2.34 bits per heavy atom. The van der Waals surface area contributed by atoms with Crippen molar-refractivity contribution in [1.82, 2.24) is 9.80 Å². The van der Waals surface area contributed by atoms with Crippen LogP contribution in [0.5, 0.6) is 0 Å². The molecule has 0 aliphatic carbocycles. The van der Waals surface area contributed by atoms with Crippen molar-refractivity contribution in [1.29, 1.82) is 0 Å². The first-order valence-corrected chi connectivity index (χ1v) is 12.0. The zero-order valence-corrected chi connectivity index (χ0v) is 20.1. The largest absolute Gasteiger partial charge is 0.462 e. The Labute approximate surface area is 192 Å². The number of nitrogens with zero attached hydrogens (tertiary/aromatic N) is 3. The third-order valence-corrected chi connectivity index (χ3v) is 6.21. The quantitative estimate of drug-likeness (QED) is 0.617. The molecule has 2 aliphatic heterocycles. The van der Waals surface area contributed by atoms with Crippen LogP contribution in [0.3, 0.4) is 0 Å². The number of piperidine rings is 1. The lowest BCUT2D eigenvalue weighted by Crippen LogP contribution is -2.47. The van der Waals surface area contributed by atoms with E-state index in [2.05, 4.69) is 15.9 Å². The van der Waals surface area contributed by atoms with Crippen molar-refractivity contribution in [2.24, 2.45) is 5.92 Å². The monoisotopic (exact) mass is 445 g/mol. The van der Waals surface area contributed by atoms with Crippen LogP contribution >= 0.6 is 0 Å².